The van der Waals surface area contributed by atoms with Gasteiger partial charge in [0.05, 0.1) is 19.7 Å². The average molecular weight is 573 g/mol. The number of carbonyl (C=O) groups excluding carboxylic acids is 2. The molecule has 1 aromatic rings. The minimum Gasteiger partial charge on any atom is -0.496 e. The van der Waals surface area contributed by atoms with Crippen molar-refractivity contribution in [1.82, 2.24) is 20.4 Å². The molecule has 3 aliphatic rings. The van der Waals surface area contributed by atoms with Crippen LogP contribution in [0.3, 0.4) is 0 Å². The largest absolute Gasteiger partial charge is 0.496 e. The summed E-state index contributed by atoms with van der Waals surface area (Å²) in [6.45, 7) is 0.857. The third-order valence-electron chi connectivity index (χ3n) is 9.08. The van der Waals surface area contributed by atoms with Gasteiger partial charge in [-0.1, -0.05) is 44.2 Å². The van der Waals surface area contributed by atoms with E-state index in [2.05, 4.69) is 10.6 Å². The Morgan fingerprint density at radius 2 is 1.80 bits per heavy atom. The number of benzene rings is 1. The van der Waals surface area contributed by atoms with Crippen LogP contribution in [0.15, 0.2) is 18.2 Å². The molecule has 1 saturated heterocycles. The van der Waals surface area contributed by atoms with E-state index in [-0.39, 0.29) is 50.1 Å². The Morgan fingerprint density at radius 3 is 2.46 bits per heavy atom. The summed E-state index contributed by atoms with van der Waals surface area (Å²) in [5, 5.41) is 16.3. The van der Waals surface area contributed by atoms with Crippen molar-refractivity contribution in [3.63, 3.8) is 0 Å². The summed E-state index contributed by atoms with van der Waals surface area (Å²) < 4.78 is 5.41. The van der Waals surface area contributed by atoms with Crippen LogP contribution < -0.4 is 26.8 Å². The van der Waals surface area contributed by atoms with Crippen LogP contribution in [0.2, 0.25) is 0 Å². The van der Waals surface area contributed by atoms with E-state index in [1.165, 1.54) is 24.2 Å². The van der Waals surface area contributed by atoms with Gasteiger partial charge in [0.25, 0.3) is 0 Å². The van der Waals surface area contributed by atoms with Crippen LogP contribution in [0.25, 0.3) is 0 Å². The fourth-order valence-electron chi connectivity index (χ4n) is 6.59. The third kappa shape index (κ3) is 8.33. The van der Waals surface area contributed by atoms with Gasteiger partial charge in [0, 0.05) is 43.8 Å². The fourth-order valence-corrected chi connectivity index (χ4v) is 6.59. The molecule has 1 aliphatic heterocycles. The minimum absolute atomic E-state index is 0.0588. The molecule has 2 atom stereocenters. The Morgan fingerprint density at radius 1 is 1.07 bits per heavy atom. The molecule has 11 heteroatoms. The SMILES string of the molecule is COc1cc(CNC(=O)[C@@H]2CN(C(=O)O)CCN2C(=O)[C@@H](CC2CCCCC2)NC2CCC(N)CC2)ccc1CN. The van der Waals surface area contributed by atoms with Crippen LogP contribution in [0.4, 0.5) is 4.79 Å². The number of carbonyl (C=O) groups is 3. The maximum absolute atomic E-state index is 14.2. The first-order valence-electron chi connectivity index (χ1n) is 15.2. The van der Waals surface area contributed by atoms with E-state index in [1.54, 1.807) is 12.0 Å². The molecular formula is C30H48N6O5. The lowest BCUT2D eigenvalue weighted by molar-refractivity contribution is -0.145. The Kier molecular flexibility index (Phi) is 11.2. The zero-order valence-electron chi connectivity index (χ0n) is 24.4. The number of hydrogen-bond donors (Lipinski definition) is 5. The highest BCUT2D eigenvalue weighted by atomic mass is 16.5. The summed E-state index contributed by atoms with van der Waals surface area (Å²) in [5.74, 6) is 0.636. The highest BCUT2D eigenvalue weighted by Crippen LogP contribution is 2.29. The van der Waals surface area contributed by atoms with Crippen LogP contribution in [-0.2, 0) is 22.7 Å². The van der Waals surface area contributed by atoms with Crippen molar-refractivity contribution in [1.29, 1.82) is 0 Å². The second-order valence-corrected chi connectivity index (χ2v) is 11.9. The van der Waals surface area contributed by atoms with Gasteiger partial charge in [0.15, 0.2) is 0 Å². The number of carboxylic acid groups (broad SMARTS) is 1. The lowest BCUT2D eigenvalue weighted by Crippen LogP contribution is -2.64. The Bertz CT molecular complexity index is 1040. The highest BCUT2D eigenvalue weighted by Gasteiger charge is 2.40. The first-order valence-corrected chi connectivity index (χ1v) is 15.2. The second-order valence-electron chi connectivity index (χ2n) is 11.9. The van der Waals surface area contributed by atoms with Crippen LogP contribution in [0, 0.1) is 5.92 Å². The Labute approximate surface area is 243 Å². The number of nitrogens with one attached hydrogen (secondary N) is 2. The summed E-state index contributed by atoms with van der Waals surface area (Å²) in [4.78, 5) is 42.4. The van der Waals surface area contributed by atoms with Crippen LogP contribution in [-0.4, -0.2) is 83.7 Å². The van der Waals surface area contributed by atoms with Crippen molar-refractivity contribution in [3.05, 3.63) is 29.3 Å². The summed E-state index contributed by atoms with van der Waals surface area (Å²) in [6.07, 6.45) is 9.21. The lowest BCUT2D eigenvalue weighted by atomic mass is 9.83. The van der Waals surface area contributed by atoms with Gasteiger partial charge in [0.2, 0.25) is 11.8 Å². The average Bonchev–Trinajstić information content (AvgIpc) is 3.00. The number of ether oxygens (including phenoxy) is 1. The predicted molar refractivity (Wildman–Crippen MR) is 156 cm³/mol. The van der Waals surface area contributed by atoms with Crippen molar-refractivity contribution in [2.75, 3.05) is 26.7 Å². The van der Waals surface area contributed by atoms with Gasteiger partial charge in [-0.25, -0.2) is 4.79 Å². The molecule has 0 spiro atoms. The van der Waals surface area contributed by atoms with Crippen molar-refractivity contribution in [2.45, 2.75) is 101 Å². The smallest absolute Gasteiger partial charge is 0.407 e. The zero-order valence-corrected chi connectivity index (χ0v) is 24.4. The molecule has 7 N–H and O–H groups in total. The van der Waals surface area contributed by atoms with Gasteiger partial charge < -0.3 is 41.7 Å². The molecule has 1 heterocycles. The molecule has 0 bridgehead atoms. The summed E-state index contributed by atoms with van der Waals surface area (Å²) in [5.41, 5.74) is 13.6. The van der Waals surface area contributed by atoms with Gasteiger partial charge in [-0.15, -0.1) is 0 Å². The Balaban J connectivity index is 1.49. The summed E-state index contributed by atoms with van der Waals surface area (Å²) in [7, 11) is 1.57. The molecule has 2 saturated carbocycles. The zero-order chi connectivity index (χ0) is 29.4. The molecule has 0 aromatic heterocycles. The van der Waals surface area contributed by atoms with Crippen molar-refractivity contribution in [3.8, 4) is 5.75 Å². The molecule has 228 valence electrons. The van der Waals surface area contributed by atoms with E-state index in [0.717, 1.165) is 56.1 Å². The number of nitrogens with zero attached hydrogens (tertiary/aromatic N) is 2. The highest BCUT2D eigenvalue weighted by molar-refractivity contribution is 5.90. The third-order valence-corrected chi connectivity index (χ3v) is 9.08. The number of piperazine rings is 1. The van der Waals surface area contributed by atoms with E-state index >= 15 is 0 Å². The quantitative estimate of drug-likeness (QED) is 0.285. The van der Waals surface area contributed by atoms with Gasteiger partial charge in [-0.05, 0) is 49.7 Å². The molecule has 41 heavy (non-hydrogen) atoms. The molecule has 11 nitrogen and oxygen atoms in total. The van der Waals surface area contributed by atoms with Gasteiger partial charge in [-0.2, -0.15) is 0 Å². The topological polar surface area (TPSA) is 163 Å². The number of amides is 3. The lowest BCUT2D eigenvalue weighted by Gasteiger charge is -2.42. The molecule has 0 unspecified atom stereocenters. The van der Waals surface area contributed by atoms with Crippen molar-refractivity contribution >= 4 is 17.9 Å². The van der Waals surface area contributed by atoms with E-state index in [1.807, 2.05) is 18.2 Å². The monoisotopic (exact) mass is 572 g/mol. The van der Waals surface area contributed by atoms with Gasteiger partial charge >= 0.3 is 6.09 Å². The van der Waals surface area contributed by atoms with Crippen molar-refractivity contribution in [2.24, 2.45) is 17.4 Å². The van der Waals surface area contributed by atoms with Crippen molar-refractivity contribution < 1.29 is 24.2 Å². The molecule has 3 amide bonds. The standard InChI is InChI=1S/C30H48N6O5/c1-41-27-16-21(7-8-22(27)17-31)18-33-28(37)26-19-35(30(39)40)13-14-36(26)29(38)25(15-20-5-3-2-4-6-20)34-24-11-9-23(32)10-12-24/h7-8,16,20,23-26,34H,2-6,9-15,17-19,31-32H2,1H3,(H,33,37)(H,39,40)/t23?,24?,25-,26+/m1/s1. The molecule has 2 aliphatic carbocycles. The number of methoxy groups -OCH3 is 1. The summed E-state index contributed by atoms with van der Waals surface area (Å²) >= 11 is 0. The maximum atomic E-state index is 14.2. The minimum atomic E-state index is -1.09. The molecule has 0 radical (unpaired) electrons. The molecule has 3 fully saturated rings. The number of rotatable bonds is 10. The van der Waals surface area contributed by atoms with E-state index in [9.17, 15) is 19.5 Å². The molecule has 1 aromatic carbocycles. The van der Waals surface area contributed by atoms with Crippen LogP contribution in [0.1, 0.15) is 75.3 Å². The predicted octanol–water partition coefficient (Wildman–Crippen LogP) is 2.16. The van der Waals surface area contributed by atoms with Crippen LogP contribution >= 0.6 is 0 Å². The fraction of sp³-hybridized carbons (Fsp3) is 0.700. The summed E-state index contributed by atoms with van der Waals surface area (Å²) in [6, 6.07) is 4.68. The van der Waals surface area contributed by atoms with Crippen LogP contribution in [0.5, 0.6) is 5.75 Å². The maximum Gasteiger partial charge on any atom is 0.407 e. The Hall–Kier alpha value is -2.89. The van der Waals surface area contributed by atoms with E-state index < -0.39 is 18.2 Å². The number of hydrogen-bond acceptors (Lipinski definition) is 7. The van der Waals surface area contributed by atoms with E-state index in [0.29, 0.717) is 18.2 Å². The first kappa shape index (κ1) is 31.1. The van der Waals surface area contributed by atoms with Gasteiger partial charge in [-0.3, -0.25) is 9.59 Å². The molecular weight excluding hydrogens is 524 g/mol. The van der Waals surface area contributed by atoms with Gasteiger partial charge in [0.1, 0.15) is 11.8 Å². The normalized spacial score (nSPS) is 24.5. The number of nitrogens with two attached hydrogens (primary N) is 2. The molecule has 4 rings (SSSR count). The second kappa shape index (κ2) is 14.8. The first-order chi connectivity index (χ1) is 19.8. The van der Waals surface area contributed by atoms with E-state index in [4.69, 9.17) is 16.2 Å².